The lowest BCUT2D eigenvalue weighted by Gasteiger charge is -2.42. The molecular formula is C24H28ClN5O2. The third-order valence-corrected chi connectivity index (χ3v) is 7.08. The predicted molar refractivity (Wildman–Crippen MR) is 123 cm³/mol. The van der Waals surface area contributed by atoms with Gasteiger partial charge in [0.05, 0.1) is 6.54 Å². The summed E-state index contributed by atoms with van der Waals surface area (Å²) in [6.07, 6.45) is 0. The Labute approximate surface area is 193 Å². The molecule has 2 aromatic carbocycles. The molecule has 5 rings (SSSR count). The molecule has 8 heteroatoms. The predicted octanol–water partition coefficient (Wildman–Crippen LogP) is 1.98. The lowest BCUT2D eigenvalue weighted by atomic mass is 9.90. The molecule has 2 fully saturated rings. The number of carbonyl (C=O) groups excluding carboxylic acids is 2. The van der Waals surface area contributed by atoms with E-state index in [1.54, 1.807) is 0 Å². The number of nitrogens with one attached hydrogen (secondary N) is 1. The van der Waals surface area contributed by atoms with Crippen LogP contribution in [0.5, 0.6) is 0 Å². The van der Waals surface area contributed by atoms with Crippen LogP contribution in [0.1, 0.15) is 28.4 Å². The molecule has 1 N–H and O–H groups in total. The number of nitrogens with zero attached hydrogens (tertiary/aromatic N) is 4. The molecule has 0 aromatic heterocycles. The van der Waals surface area contributed by atoms with Crippen LogP contribution in [0.15, 0.2) is 48.5 Å². The van der Waals surface area contributed by atoms with E-state index >= 15 is 0 Å². The fraction of sp³-hybridized carbons (Fsp3) is 0.417. The van der Waals surface area contributed by atoms with Crippen LogP contribution in [-0.2, 0) is 10.5 Å². The number of amides is 2. The molecule has 0 saturated carbocycles. The van der Waals surface area contributed by atoms with Crippen LogP contribution in [0.4, 0.5) is 0 Å². The van der Waals surface area contributed by atoms with Gasteiger partial charge in [0.2, 0.25) is 5.91 Å². The summed E-state index contributed by atoms with van der Waals surface area (Å²) >= 11 is 6.18. The fourth-order valence-corrected chi connectivity index (χ4v) is 5.50. The maximum absolute atomic E-state index is 13.8. The number of benzene rings is 2. The Morgan fingerprint density at radius 1 is 1.06 bits per heavy atom. The van der Waals surface area contributed by atoms with Gasteiger partial charge in [-0.25, -0.2) is 10.0 Å². The summed E-state index contributed by atoms with van der Waals surface area (Å²) in [5.41, 5.74) is 1.48. The number of carbonyl (C=O) groups is 2. The third kappa shape index (κ3) is 3.23. The number of rotatable bonds is 5. The Bertz CT molecular complexity index is 1020. The standard InChI is InChI=1S/C24H28ClN5O2/c1-2-27(28-13-11-26-12-14-28)17-22(31)29-15-16-30-23(32)20-5-3-4-6-21(20)24(29,30)18-7-9-19(25)10-8-18/h3-10,26H,2,11-17H2,1H3. The van der Waals surface area contributed by atoms with E-state index in [2.05, 4.69) is 22.3 Å². The molecule has 2 aromatic rings. The van der Waals surface area contributed by atoms with Crippen molar-refractivity contribution < 1.29 is 9.59 Å². The van der Waals surface area contributed by atoms with Gasteiger partial charge in [-0.15, -0.1) is 0 Å². The van der Waals surface area contributed by atoms with Gasteiger partial charge in [0.15, 0.2) is 5.66 Å². The van der Waals surface area contributed by atoms with Crippen molar-refractivity contribution in [2.45, 2.75) is 12.6 Å². The van der Waals surface area contributed by atoms with E-state index in [9.17, 15) is 9.59 Å². The van der Waals surface area contributed by atoms with Gasteiger partial charge in [0, 0.05) is 67.5 Å². The molecule has 7 nitrogen and oxygen atoms in total. The first kappa shape index (κ1) is 21.4. The van der Waals surface area contributed by atoms with Crippen molar-refractivity contribution in [3.05, 3.63) is 70.2 Å². The average molecular weight is 454 g/mol. The van der Waals surface area contributed by atoms with Crippen molar-refractivity contribution in [3.63, 3.8) is 0 Å². The van der Waals surface area contributed by atoms with Crippen molar-refractivity contribution >= 4 is 23.4 Å². The molecule has 3 heterocycles. The maximum Gasteiger partial charge on any atom is 0.256 e. The van der Waals surface area contributed by atoms with Crippen LogP contribution >= 0.6 is 11.6 Å². The van der Waals surface area contributed by atoms with Gasteiger partial charge in [-0.3, -0.25) is 9.59 Å². The second-order valence-electron chi connectivity index (χ2n) is 8.41. The van der Waals surface area contributed by atoms with Gasteiger partial charge >= 0.3 is 0 Å². The van der Waals surface area contributed by atoms with Gasteiger partial charge in [0.1, 0.15) is 0 Å². The Kier molecular flexibility index (Phi) is 5.67. The minimum absolute atomic E-state index is 0.0207. The number of hydrazine groups is 1. The molecule has 1 unspecified atom stereocenters. The molecule has 3 aliphatic rings. The number of piperazine rings is 1. The minimum atomic E-state index is -0.932. The molecule has 2 amide bonds. The highest BCUT2D eigenvalue weighted by Crippen LogP contribution is 2.49. The normalized spacial score (nSPS) is 23.0. The SMILES string of the molecule is CCN(CC(=O)N1CCN2C(=O)c3ccccc3C12c1ccc(Cl)cc1)N1CCNCC1. The zero-order valence-electron chi connectivity index (χ0n) is 18.3. The molecule has 2 saturated heterocycles. The Hall–Kier alpha value is -2.45. The molecule has 32 heavy (non-hydrogen) atoms. The van der Waals surface area contributed by atoms with Crippen LogP contribution < -0.4 is 5.32 Å². The zero-order chi connectivity index (χ0) is 22.3. The molecule has 168 valence electrons. The fourth-order valence-electron chi connectivity index (χ4n) is 5.37. The van der Waals surface area contributed by atoms with Crippen LogP contribution in [0.2, 0.25) is 5.02 Å². The molecular weight excluding hydrogens is 426 g/mol. The largest absolute Gasteiger partial charge is 0.314 e. The zero-order valence-corrected chi connectivity index (χ0v) is 19.0. The monoisotopic (exact) mass is 453 g/mol. The molecule has 0 spiro atoms. The number of fused-ring (bicyclic) bond motifs is 3. The van der Waals surface area contributed by atoms with Crippen molar-refractivity contribution in [2.75, 3.05) is 52.4 Å². The molecule has 0 aliphatic carbocycles. The first-order valence-corrected chi connectivity index (χ1v) is 11.6. The van der Waals surface area contributed by atoms with Gasteiger partial charge in [-0.1, -0.05) is 48.9 Å². The second-order valence-corrected chi connectivity index (χ2v) is 8.85. The highest BCUT2D eigenvalue weighted by atomic mass is 35.5. The smallest absolute Gasteiger partial charge is 0.256 e. The number of likely N-dealkylation sites (N-methyl/N-ethyl adjacent to an activating group) is 1. The summed E-state index contributed by atoms with van der Waals surface area (Å²) in [7, 11) is 0. The summed E-state index contributed by atoms with van der Waals surface area (Å²) < 4.78 is 0. The van der Waals surface area contributed by atoms with E-state index in [-0.39, 0.29) is 18.4 Å². The molecule has 1 atom stereocenters. The van der Waals surface area contributed by atoms with E-state index in [0.717, 1.165) is 43.9 Å². The molecule has 3 aliphatic heterocycles. The maximum atomic E-state index is 13.8. The van der Waals surface area contributed by atoms with Crippen molar-refractivity contribution in [1.29, 1.82) is 0 Å². The van der Waals surface area contributed by atoms with Crippen LogP contribution in [0.25, 0.3) is 0 Å². The van der Waals surface area contributed by atoms with E-state index in [4.69, 9.17) is 11.6 Å². The van der Waals surface area contributed by atoms with Crippen molar-refractivity contribution in [1.82, 2.24) is 25.1 Å². The van der Waals surface area contributed by atoms with Crippen LogP contribution in [-0.4, -0.2) is 84.0 Å². The third-order valence-electron chi connectivity index (χ3n) is 6.83. The minimum Gasteiger partial charge on any atom is -0.314 e. The Morgan fingerprint density at radius 3 is 2.50 bits per heavy atom. The quantitative estimate of drug-likeness (QED) is 0.750. The molecule has 0 radical (unpaired) electrons. The molecule has 0 bridgehead atoms. The van der Waals surface area contributed by atoms with Crippen LogP contribution in [0.3, 0.4) is 0 Å². The van der Waals surface area contributed by atoms with E-state index in [1.165, 1.54) is 0 Å². The summed E-state index contributed by atoms with van der Waals surface area (Å²) in [5.74, 6) is -0.00682. The first-order chi connectivity index (χ1) is 15.6. The summed E-state index contributed by atoms with van der Waals surface area (Å²) in [5, 5.41) is 8.37. The average Bonchev–Trinajstić information content (AvgIpc) is 3.34. The Balaban J connectivity index is 1.55. The lowest BCUT2D eigenvalue weighted by molar-refractivity contribution is -0.143. The van der Waals surface area contributed by atoms with Gasteiger partial charge in [0.25, 0.3) is 5.91 Å². The van der Waals surface area contributed by atoms with Crippen molar-refractivity contribution in [2.24, 2.45) is 0 Å². The first-order valence-electron chi connectivity index (χ1n) is 11.3. The number of hydrogen-bond donors (Lipinski definition) is 1. The number of halogens is 1. The summed E-state index contributed by atoms with van der Waals surface area (Å²) in [6, 6.07) is 15.2. The van der Waals surface area contributed by atoms with E-state index < -0.39 is 5.66 Å². The van der Waals surface area contributed by atoms with Crippen molar-refractivity contribution in [3.8, 4) is 0 Å². The van der Waals surface area contributed by atoms with Gasteiger partial charge in [-0.2, -0.15) is 0 Å². The lowest BCUT2D eigenvalue weighted by Crippen LogP contribution is -2.57. The van der Waals surface area contributed by atoms with Gasteiger partial charge in [-0.05, 0) is 18.2 Å². The van der Waals surface area contributed by atoms with Crippen LogP contribution in [0, 0.1) is 0 Å². The Morgan fingerprint density at radius 2 is 1.78 bits per heavy atom. The summed E-state index contributed by atoms with van der Waals surface area (Å²) in [4.78, 5) is 30.9. The van der Waals surface area contributed by atoms with E-state index in [0.29, 0.717) is 23.7 Å². The topological polar surface area (TPSA) is 59.1 Å². The second kappa shape index (κ2) is 8.48. The highest BCUT2D eigenvalue weighted by Gasteiger charge is 2.59. The highest BCUT2D eigenvalue weighted by molar-refractivity contribution is 6.30. The summed E-state index contributed by atoms with van der Waals surface area (Å²) in [6.45, 7) is 7.73. The van der Waals surface area contributed by atoms with E-state index in [1.807, 2.05) is 58.3 Å². The van der Waals surface area contributed by atoms with Gasteiger partial charge < -0.3 is 15.1 Å². The number of hydrogen-bond acceptors (Lipinski definition) is 5.